The van der Waals surface area contributed by atoms with E-state index in [2.05, 4.69) is 4.74 Å². The first-order valence-corrected chi connectivity index (χ1v) is 6.53. The topological polar surface area (TPSA) is 39.4 Å². The van der Waals surface area contributed by atoms with Crippen LogP contribution in [0.3, 0.4) is 0 Å². The molecule has 5 heteroatoms. The molecule has 0 aliphatic rings. The zero-order valence-corrected chi connectivity index (χ0v) is 11.8. The van der Waals surface area contributed by atoms with Crippen LogP contribution in [0.2, 0.25) is 5.02 Å². The summed E-state index contributed by atoms with van der Waals surface area (Å²) >= 11 is 5.92. The molecule has 0 atom stereocenters. The van der Waals surface area contributed by atoms with E-state index in [0.29, 0.717) is 21.9 Å². The number of fused-ring (bicyclic) bond motifs is 1. The van der Waals surface area contributed by atoms with E-state index >= 15 is 0 Å². The molecule has 0 saturated heterocycles. The van der Waals surface area contributed by atoms with Gasteiger partial charge in [0.1, 0.15) is 17.2 Å². The number of methoxy groups -OCH3 is 1. The summed E-state index contributed by atoms with van der Waals surface area (Å²) in [4.78, 5) is 11.5. The first-order chi connectivity index (χ1) is 10.1. The molecule has 0 aliphatic carbocycles. The highest BCUT2D eigenvalue weighted by Crippen LogP contribution is 2.30. The summed E-state index contributed by atoms with van der Waals surface area (Å²) in [5.41, 5.74) is 1.23. The molecule has 0 radical (unpaired) electrons. The summed E-state index contributed by atoms with van der Waals surface area (Å²) in [6, 6.07) is 10.9. The minimum atomic E-state index is -0.602. The van der Waals surface area contributed by atoms with Gasteiger partial charge in [-0.05, 0) is 42.5 Å². The number of carbonyl (C=O) groups is 1. The molecule has 3 rings (SSSR count). The molecule has 3 nitrogen and oxygen atoms in total. The maximum absolute atomic E-state index is 13.7. The van der Waals surface area contributed by atoms with Gasteiger partial charge >= 0.3 is 5.97 Å². The zero-order valence-electron chi connectivity index (χ0n) is 11.0. The van der Waals surface area contributed by atoms with Gasteiger partial charge in [0.25, 0.3) is 0 Å². The molecular formula is C16H10ClFO3. The molecule has 3 aromatic rings. The summed E-state index contributed by atoms with van der Waals surface area (Å²) in [5, 5.41) is 1.39. The molecule has 0 aliphatic heterocycles. The number of halogens is 2. The number of hydrogen-bond acceptors (Lipinski definition) is 3. The van der Waals surface area contributed by atoms with Crippen LogP contribution in [0.25, 0.3) is 22.3 Å². The Balaban J connectivity index is 2.13. The summed E-state index contributed by atoms with van der Waals surface area (Å²) in [5.74, 6) is -0.682. The lowest BCUT2D eigenvalue weighted by Crippen LogP contribution is -2.01. The van der Waals surface area contributed by atoms with E-state index in [1.165, 1.54) is 19.2 Å². The Morgan fingerprint density at radius 3 is 2.76 bits per heavy atom. The molecule has 106 valence electrons. The Bertz CT molecular complexity index is 839. The molecule has 2 aromatic carbocycles. The van der Waals surface area contributed by atoms with E-state index in [4.69, 9.17) is 16.0 Å². The predicted octanol–water partition coefficient (Wildman–Crippen LogP) is 4.68. The molecule has 1 heterocycles. The lowest BCUT2D eigenvalue weighted by atomic mass is 10.1. The van der Waals surface area contributed by atoms with Crippen molar-refractivity contribution in [3.8, 4) is 11.3 Å². The second kappa shape index (κ2) is 5.22. The van der Waals surface area contributed by atoms with Crippen molar-refractivity contribution in [2.24, 2.45) is 0 Å². The monoisotopic (exact) mass is 304 g/mol. The highest BCUT2D eigenvalue weighted by Gasteiger charge is 2.13. The standard InChI is InChI=1S/C16H10ClFO3/c1-20-16(19)11-4-9(6-13(18)7-11)15-8-10-5-12(17)2-3-14(10)21-15/h2-8H,1H3. The molecule has 0 amide bonds. The lowest BCUT2D eigenvalue weighted by molar-refractivity contribution is 0.0600. The molecule has 0 N–H and O–H groups in total. The average molecular weight is 305 g/mol. The van der Waals surface area contributed by atoms with Crippen LogP contribution in [-0.4, -0.2) is 13.1 Å². The Morgan fingerprint density at radius 2 is 2.00 bits per heavy atom. The van der Waals surface area contributed by atoms with Crippen molar-refractivity contribution < 1.29 is 18.3 Å². The molecule has 0 spiro atoms. The van der Waals surface area contributed by atoms with E-state index in [9.17, 15) is 9.18 Å². The minimum Gasteiger partial charge on any atom is -0.465 e. The van der Waals surface area contributed by atoms with Crippen molar-refractivity contribution >= 4 is 28.5 Å². The number of benzene rings is 2. The van der Waals surface area contributed by atoms with Crippen LogP contribution in [0.15, 0.2) is 46.9 Å². The Labute approximate surface area is 124 Å². The van der Waals surface area contributed by atoms with Gasteiger partial charge in [-0.2, -0.15) is 0 Å². The van der Waals surface area contributed by atoms with Crippen LogP contribution in [0.5, 0.6) is 0 Å². The SMILES string of the molecule is COC(=O)c1cc(F)cc(-c2cc3cc(Cl)ccc3o2)c1. The van der Waals surface area contributed by atoms with Gasteiger partial charge in [-0.25, -0.2) is 9.18 Å². The highest BCUT2D eigenvalue weighted by molar-refractivity contribution is 6.31. The van der Waals surface area contributed by atoms with Crippen molar-refractivity contribution in [2.75, 3.05) is 7.11 Å². The molecule has 0 fully saturated rings. The minimum absolute atomic E-state index is 0.131. The van der Waals surface area contributed by atoms with E-state index in [-0.39, 0.29) is 5.56 Å². The number of ether oxygens (including phenoxy) is 1. The zero-order chi connectivity index (χ0) is 15.0. The molecule has 0 bridgehead atoms. The molecule has 21 heavy (non-hydrogen) atoms. The van der Waals surface area contributed by atoms with Crippen LogP contribution in [-0.2, 0) is 4.74 Å². The molecule has 0 unspecified atom stereocenters. The Morgan fingerprint density at radius 1 is 1.19 bits per heavy atom. The van der Waals surface area contributed by atoms with E-state index < -0.39 is 11.8 Å². The summed E-state index contributed by atoms with van der Waals surface area (Å²) in [6.07, 6.45) is 0. The van der Waals surface area contributed by atoms with Gasteiger partial charge in [0.05, 0.1) is 12.7 Å². The summed E-state index contributed by atoms with van der Waals surface area (Å²) < 4.78 is 23.9. The second-order valence-electron chi connectivity index (χ2n) is 4.51. The van der Waals surface area contributed by atoms with Crippen LogP contribution in [0.1, 0.15) is 10.4 Å². The molecule has 0 saturated carbocycles. The highest BCUT2D eigenvalue weighted by atomic mass is 35.5. The van der Waals surface area contributed by atoms with Gasteiger partial charge in [-0.15, -0.1) is 0 Å². The first-order valence-electron chi connectivity index (χ1n) is 6.15. The Kier molecular flexibility index (Phi) is 3.39. The van der Waals surface area contributed by atoms with Gasteiger partial charge in [-0.1, -0.05) is 11.6 Å². The fraction of sp³-hybridized carbons (Fsp3) is 0.0625. The van der Waals surface area contributed by atoms with Crippen LogP contribution in [0.4, 0.5) is 4.39 Å². The van der Waals surface area contributed by atoms with Crippen molar-refractivity contribution in [3.05, 3.63) is 58.9 Å². The van der Waals surface area contributed by atoms with Crippen LogP contribution in [0, 0.1) is 5.82 Å². The normalized spacial score (nSPS) is 10.8. The number of esters is 1. The Hall–Kier alpha value is -2.33. The van der Waals surface area contributed by atoms with Gasteiger partial charge < -0.3 is 9.15 Å². The summed E-state index contributed by atoms with van der Waals surface area (Å²) in [6.45, 7) is 0. The van der Waals surface area contributed by atoms with Gasteiger partial charge in [0.2, 0.25) is 0 Å². The predicted molar refractivity (Wildman–Crippen MR) is 78.0 cm³/mol. The average Bonchev–Trinajstić information content (AvgIpc) is 2.88. The second-order valence-corrected chi connectivity index (χ2v) is 4.95. The number of rotatable bonds is 2. The van der Waals surface area contributed by atoms with E-state index in [1.807, 2.05) is 0 Å². The quantitative estimate of drug-likeness (QED) is 0.645. The van der Waals surface area contributed by atoms with Crippen LogP contribution >= 0.6 is 11.6 Å². The van der Waals surface area contributed by atoms with Crippen LogP contribution < -0.4 is 0 Å². The maximum atomic E-state index is 13.7. The third kappa shape index (κ3) is 2.62. The smallest absolute Gasteiger partial charge is 0.337 e. The maximum Gasteiger partial charge on any atom is 0.337 e. The number of furan rings is 1. The van der Waals surface area contributed by atoms with Crippen molar-refractivity contribution in [2.45, 2.75) is 0 Å². The van der Waals surface area contributed by atoms with Gasteiger partial charge in [0, 0.05) is 16.0 Å². The van der Waals surface area contributed by atoms with Crippen molar-refractivity contribution in [1.82, 2.24) is 0 Å². The third-order valence-corrected chi connectivity index (χ3v) is 3.32. The number of carbonyl (C=O) groups excluding carboxylic acids is 1. The van der Waals surface area contributed by atoms with Gasteiger partial charge in [0.15, 0.2) is 0 Å². The molecule has 1 aromatic heterocycles. The number of hydrogen-bond donors (Lipinski definition) is 0. The van der Waals surface area contributed by atoms with E-state index in [0.717, 1.165) is 11.5 Å². The van der Waals surface area contributed by atoms with Crippen molar-refractivity contribution in [1.29, 1.82) is 0 Å². The first kappa shape index (κ1) is 13.6. The summed E-state index contributed by atoms with van der Waals surface area (Å²) in [7, 11) is 1.25. The fourth-order valence-corrected chi connectivity index (χ4v) is 2.30. The fourth-order valence-electron chi connectivity index (χ4n) is 2.12. The van der Waals surface area contributed by atoms with E-state index in [1.54, 1.807) is 24.3 Å². The van der Waals surface area contributed by atoms with Gasteiger partial charge in [-0.3, -0.25) is 0 Å². The largest absolute Gasteiger partial charge is 0.465 e. The third-order valence-electron chi connectivity index (χ3n) is 3.08. The lowest BCUT2D eigenvalue weighted by Gasteiger charge is -2.02. The van der Waals surface area contributed by atoms with Crippen molar-refractivity contribution in [3.63, 3.8) is 0 Å². The molecular weight excluding hydrogens is 295 g/mol.